The second kappa shape index (κ2) is 10.4. The van der Waals surface area contributed by atoms with Gasteiger partial charge in [0.2, 0.25) is 0 Å². The molecule has 46 heavy (non-hydrogen) atoms. The van der Waals surface area contributed by atoms with Crippen molar-refractivity contribution in [3.63, 3.8) is 0 Å². The molecule has 1 aliphatic heterocycles. The number of fused-ring (bicyclic) bond motifs is 6. The SMILES string of the molecule is CC1(C)c2ccccc2-c2cccc(-c3cc(C4=NC(c5ccccc5)=NC(c5ccccc5)N4)cc4sc5ccccc5c34)c21. The van der Waals surface area contributed by atoms with Gasteiger partial charge in [-0.1, -0.05) is 135 Å². The number of nitrogens with one attached hydrogen (secondary N) is 1. The van der Waals surface area contributed by atoms with Gasteiger partial charge in [-0.2, -0.15) is 0 Å². The predicted molar refractivity (Wildman–Crippen MR) is 194 cm³/mol. The summed E-state index contributed by atoms with van der Waals surface area (Å²) in [5.74, 6) is 1.57. The molecule has 0 radical (unpaired) electrons. The van der Waals surface area contributed by atoms with Crippen LogP contribution < -0.4 is 5.32 Å². The number of hydrogen-bond donors (Lipinski definition) is 1. The Kier molecular flexibility index (Phi) is 6.09. The molecule has 9 rings (SSSR count). The average molecular weight is 610 g/mol. The zero-order valence-electron chi connectivity index (χ0n) is 25.7. The van der Waals surface area contributed by atoms with Gasteiger partial charge in [0.1, 0.15) is 12.0 Å². The van der Waals surface area contributed by atoms with Gasteiger partial charge >= 0.3 is 0 Å². The van der Waals surface area contributed by atoms with Crippen LogP contribution in [0.2, 0.25) is 0 Å². The molecular weight excluding hydrogens is 579 g/mol. The van der Waals surface area contributed by atoms with Crippen molar-refractivity contribution in [1.82, 2.24) is 5.32 Å². The van der Waals surface area contributed by atoms with Gasteiger partial charge in [-0.05, 0) is 57.1 Å². The summed E-state index contributed by atoms with van der Waals surface area (Å²) >= 11 is 1.85. The highest BCUT2D eigenvalue weighted by Crippen LogP contribution is 2.53. The van der Waals surface area contributed by atoms with E-state index in [1.54, 1.807) is 0 Å². The lowest BCUT2D eigenvalue weighted by Crippen LogP contribution is -2.33. The minimum Gasteiger partial charge on any atom is -0.344 e. The number of amidine groups is 2. The number of benzene rings is 6. The van der Waals surface area contributed by atoms with Gasteiger partial charge < -0.3 is 5.32 Å². The van der Waals surface area contributed by atoms with Crippen LogP contribution in [-0.4, -0.2) is 11.7 Å². The third-order valence-corrected chi connectivity index (χ3v) is 10.6. The van der Waals surface area contributed by atoms with Gasteiger partial charge in [-0.25, -0.2) is 9.98 Å². The van der Waals surface area contributed by atoms with Crippen molar-refractivity contribution in [2.75, 3.05) is 0 Å². The molecule has 1 N–H and O–H groups in total. The van der Waals surface area contributed by atoms with Crippen molar-refractivity contribution in [3.05, 3.63) is 167 Å². The number of aliphatic imine (C=N–C) groups is 2. The van der Waals surface area contributed by atoms with Crippen LogP contribution in [0.4, 0.5) is 0 Å². The average Bonchev–Trinajstić information content (AvgIpc) is 3.61. The Morgan fingerprint density at radius 2 is 1.28 bits per heavy atom. The Morgan fingerprint density at radius 1 is 0.609 bits per heavy atom. The molecule has 2 heterocycles. The summed E-state index contributed by atoms with van der Waals surface area (Å²) in [5.41, 5.74) is 11.0. The van der Waals surface area contributed by atoms with E-state index in [2.05, 4.69) is 134 Å². The smallest absolute Gasteiger partial charge is 0.159 e. The maximum atomic E-state index is 5.19. The summed E-state index contributed by atoms with van der Waals surface area (Å²) in [6, 6.07) is 49.9. The van der Waals surface area contributed by atoms with Crippen LogP contribution in [0.5, 0.6) is 0 Å². The van der Waals surface area contributed by atoms with Crippen molar-refractivity contribution in [2.24, 2.45) is 9.98 Å². The first-order chi connectivity index (χ1) is 22.6. The molecule has 0 spiro atoms. The van der Waals surface area contributed by atoms with E-state index in [9.17, 15) is 0 Å². The molecule has 6 aromatic carbocycles. The second-order valence-corrected chi connectivity index (χ2v) is 13.7. The fourth-order valence-electron chi connectivity index (χ4n) is 7.39. The molecule has 0 fully saturated rings. The van der Waals surface area contributed by atoms with Crippen LogP contribution in [0.3, 0.4) is 0 Å². The predicted octanol–water partition coefficient (Wildman–Crippen LogP) is 10.5. The van der Waals surface area contributed by atoms with Crippen LogP contribution >= 0.6 is 11.3 Å². The van der Waals surface area contributed by atoms with Gasteiger partial charge in [-0.3, -0.25) is 0 Å². The van der Waals surface area contributed by atoms with Crippen molar-refractivity contribution in [2.45, 2.75) is 25.4 Å². The Bertz CT molecular complexity index is 2360. The monoisotopic (exact) mass is 609 g/mol. The third-order valence-electron chi connectivity index (χ3n) is 9.51. The number of nitrogens with zero attached hydrogens (tertiary/aromatic N) is 2. The molecule has 1 aliphatic carbocycles. The Hall–Kier alpha value is -5.32. The summed E-state index contributed by atoms with van der Waals surface area (Å²) in [4.78, 5) is 10.3. The fourth-order valence-corrected chi connectivity index (χ4v) is 8.57. The molecule has 3 nitrogen and oxygen atoms in total. The van der Waals surface area contributed by atoms with Crippen molar-refractivity contribution >= 4 is 43.2 Å². The second-order valence-electron chi connectivity index (χ2n) is 12.6. The van der Waals surface area contributed by atoms with Gasteiger partial charge in [0.05, 0.1) is 0 Å². The number of thiophene rings is 1. The summed E-state index contributed by atoms with van der Waals surface area (Å²) in [5, 5.41) is 6.31. The third kappa shape index (κ3) is 4.18. The van der Waals surface area contributed by atoms with Gasteiger partial charge in [-0.15, -0.1) is 11.3 Å². The summed E-state index contributed by atoms with van der Waals surface area (Å²) in [6.07, 6.45) is -0.250. The van der Waals surface area contributed by atoms with E-state index in [0.717, 1.165) is 28.4 Å². The van der Waals surface area contributed by atoms with Crippen LogP contribution in [0.1, 0.15) is 47.8 Å². The Balaban J connectivity index is 1.30. The zero-order chi connectivity index (χ0) is 30.8. The molecule has 1 atom stereocenters. The molecule has 220 valence electrons. The molecule has 1 aromatic heterocycles. The van der Waals surface area contributed by atoms with Crippen LogP contribution in [0, 0.1) is 0 Å². The van der Waals surface area contributed by atoms with Crippen LogP contribution in [0.15, 0.2) is 150 Å². The lowest BCUT2D eigenvalue weighted by Gasteiger charge is -2.26. The van der Waals surface area contributed by atoms with Gasteiger partial charge in [0.25, 0.3) is 0 Å². The van der Waals surface area contributed by atoms with Crippen molar-refractivity contribution in [3.8, 4) is 22.3 Å². The molecule has 1 unspecified atom stereocenters. The standard InChI is InChI=1S/C42H31N3S/c1-42(2)34-22-11-9-18-29(34)30-20-13-21-31(38(30)42)33-24-28(25-36-37(33)32-19-10-12-23-35(32)46-36)41-44-39(26-14-5-3-6-15-26)43-40(45-41)27-16-7-4-8-17-27/h3-25,39H,1-2H3,(H,43,44,45). The minimum atomic E-state index is -0.250. The summed E-state index contributed by atoms with van der Waals surface area (Å²) in [7, 11) is 0. The zero-order valence-corrected chi connectivity index (χ0v) is 26.5. The molecule has 4 heteroatoms. The normalized spacial score (nSPS) is 16.4. The van der Waals surface area contributed by atoms with Gasteiger partial charge in [0.15, 0.2) is 5.84 Å². The molecule has 0 saturated carbocycles. The first kappa shape index (κ1) is 27.0. The quantitative estimate of drug-likeness (QED) is 0.212. The van der Waals surface area contributed by atoms with Crippen molar-refractivity contribution < 1.29 is 0 Å². The van der Waals surface area contributed by atoms with E-state index < -0.39 is 0 Å². The van der Waals surface area contributed by atoms with E-state index in [1.807, 2.05) is 35.6 Å². The lowest BCUT2D eigenvalue weighted by molar-refractivity contribution is 0.662. The first-order valence-electron chi connectivity index (χ1n) is 15.8. The van der Waals surface area contributed by atoms with Crippen LogP contribution in [0.25, 0.3) is 42.4 Å². The van der Waals surface area contributed by atoms with E-state index in [-0.39, 0.29) is 11.6 Å². The molecule has 7 aromatic rings. The van der Waals surface area contributed by atoms with Gasteiger partial charge in [0, 0.05) is 36.7 Å². The highest BCUT2D eigenvalue weighted by atomic mass is 32.1. The molecule has 0 amide bonds. The van der Waals surface area contributed by atoms with E-state index in [4.69, 9.17) is 9.98 Å². The number of hydrogen-bond acceptors (Lipinski definition) is 4. The summed E-state index contributed by atoms with van der Waals surface area (Å²) in [6.45, 7) is 4.74. The maximum Gasteiger partial charge on any atom is 0.159 e. The van der Waals surface area contributed by atoms with Crippen LogP contribution in [-0.2, 0) is 5.41 Å². The van der Waals surface area contributed by atoms with E-state index in [0.29, 0.717) is 0 Å². The maximum absolute atomic E-state index is 5.19. The molecule has 2 aliphatic rings. The largest absolute Gasteiger partial charge is 0.344 e. The topological polar surface area (TPSA) is 36.8 Å². The Labute approximate surface area is 272 Å². The van der Waals surface area contributed by atoms with E-state index >= 15 is 0 Å². The van der Waals surface area contributed by atoms with Crippen molar-refractivity contribution in [1.29, 1.82) is 0 Å². The highest BCUT2D eigenvalue weighted by Gasteiger charge is 2.37. The minimum absolute atomic E-state index is 0.136. The molecular formula is C42H31N3S. The lowest BCUT2D eigenvalue weighted by atomic mass is 9.78. The highest BCUT2D eigenvalue weighted by molar-refractivity contribution is 7.26. The first-order valence-corrected chi connectivity index (χ1v) is 16.6. The Morgan fingerprint density at radius 3 is 2.11 bits per heavy atom. The molecule has 0 saturated heterocycles. The molecule has 0 bridgehead atoms. The van der Waals surface area contributed by atoms with E-state index in [1.165, 1.54) is 53.6 Å². The number of rotatable bonds is 4. The summed E-state index contributed by atoms with van der Waals surface area (Å²) < 4.78 is 2.54. The fraction of sp³-hybridized carbons (Fsp3) is 0.0952.